The number of nitrogens with zero attached hydrogens (tertiary/aromatic N) is 2. The average molecular weight is 451 g/mol. The lowest BCUT2D eigenvalue weighted by molar-refractivity contribution is 0.191. The monoisotopic (exact) mass is 450 g/mol. The Hall–Kier alpha value is -3.40. The molecule has 3 aromatic rings. The highest BCUT2D eigenvalue weighted by Gasteiger charge is 2.12. The Morgan fingerprint density at radius 3 is 2.73 bits per heavy atom. The highest BCUT2D eigenvalue weighted by atomic mass is 16.5. The Labute approximate surface area is 192 Å². The average Bonchev–Trinajstić information content (AvgIpc) is 2.86. The molecule has 1 unspecified atom stereocenters. The van der Waals surface area contributed by atoms with Gasteiger partial charge in [0.2, 0.25) is 0 Å². The number of ether oxygens (including phenoxy) is 1. The summed E-state index contributed by atoms with van der Waals surface area (Å²) in [5.74, 6) is 1.47. The van der Waals surface area contributed by atoms with E-state index in [-0.39, 0.29) is 11.2 Å². The fourth-order valence-electron chi connectivity index (χ4n) is 3.68. The van der Waals surface area contributed by atoms with Crippen molar-refractivity contribution in [1.29, 1.82) is 0 Å². The van der Waals surface area contributed by atoms with Crippen LogP contribution in [0, 0.1) is 0 Å². The van der Waals surface area contributed by atoms with E-state index in [4.69, 9.17) is 4.74 Å². The van der Waals surface area contributed by atoms with Crippen molar-refractivity contribution in [1.82, 2.24) is 20.2 Å². The Bertz CT molecular complexity index is 1100. The van der Waals surface area contributed by atoms with Gasteiger partial charge in [-0.2, -0.15) is 0 Å². The molecule has 1 aromatic carbocycles. The van der Waals surface area contributed by atoms with E-state index in [2.05, 4.69) is 30.8 Å². The van der Waals surface area contributed by atoms with Gasteiger partial charge in [0.15, 0.2) is 6.23 Å². The van der Waals surface area contributed by atoms with Gasteiger partial charge in [0.1, 0.15) is 23.9 Å². The zero-order valence-corrected chi connectivity index (χ0v) is 18.7. The molecule has 2 aromatic heterocycles. The Balaban J connectivity index is 1.37. The highest BCUT2D eigenvalue weighted by molar-refractivity contribution is 5.65. The molecule has 1 aliphatic rings. The highest BCUT2D eigenvalue weighted by Crippen LogP contribution is 2.22. The van der Waals surface area contributed by atoms with Gasteiger partial charge in [0.25, 0.3) is 5.56 Å². The number of aromatic nitrogens is 2. The minimum Gasteiger partial charge on any atom is -0.492 e. The molecule has 0 amide bonds. The molecular formula is C24H30N6O3. The third-order valence-electron chi connectivity index (χ3n) is 5.58. The summed E-state index contributed by atoms with van der Waals surface area (Å²) in [6.07, 6.45) is 0.557. The summed E-state index contributed by atoms with van der Waals surface area (Å²) >= 11 is 0. The second kappa shape index (κ2) is 11.0. The zero-order valence-electron chi connectivity index (χ0n) is 18.7. The van der Waals surface area contributed by atoms with E-state index in [9.17, 15) is 9.90 Å². The lowest BCUT2D eigenvalue weighted by Crippen LogP contribution is -2.44. The van der Waals surface area contributed by atoms with Gasteiger partial charge < -0.3 is 30.8 Å². The number of rotatable bonds is 9. The normalized spacial score (nSPS) is 15.1. The fourth-order valence-corrected chi connectivity index (χ4v) is 3.68. The molecule has 0 radical (unpaired) electrons. The molecule has 1 saturated heterocycles. The van der Waals surface area contributed by atoms with E-state index in [1.54, 1.807) is 31.4 Å². The van der Waals surface area contributed by atoms with Crippen LogP contribution in [0.3, 0.4) is 0 Å². The number of pyridine rings is 2. The standard InChI is InChI=1S/C24H30N6O3/c1-25-22-4-2-3-20(28-22)18-15-21(24(32)27-16-18)29-23(31)17-5-7-19(8-6-17)33-14-13-30-11-9-26-10-12-30/h2-8,15-16,23,26,29,31H,9-14H2,1H3,(H,25,28)(H,27,32). The SMILES string of the molecule is CNc1cccc(-c2c[nH]c(=O)c(NC(O)c3ccc(OCCN4CCNCC4)cc3)c2)n1. The summed E-state index contributed by atoms with van der Waals surface area (Å²) in [6, 6.07) is 14.5. The number of aliphatic hydroxyl groups is 1. The number of aromatic amines is 1. The van der Waals surface area contributed by atoms with Crippen molar-refractivity contribution >= 4 is 11.5 Å². The first-order valence-electron chi connectivity index (χ1n) is 11.1. The van der Waals surface area contributed by atoms with E-state index in [1.165, 1.54) is 0 Å². The van der Waals surface area contributed by atoms with E-state index >= 15 is 0 Å². The van der Waals surface area contributed by atoms with Gasteiger partial charge in [-0.05, 0) is 30.3 Å². The van der Waals surface area contributed by atoms with Gasteiger partial charge >= 0.3 is 0 Å². The van der Waals surface area contributed by atoms with Crippen molar-refractivity contribution in [3.63, 3.8) is 0 Å². The summed E-state index contributed by atoms with van der Waals surface area (Å²) in [5.41, 5.74) is 2.00. The molecule has 9 nitrogen and oxygen atoms in total. The van der Waals surface area contributed by atoms with Crippen molar-refractivity contribution in [2.24, 2.45) is 0 Å². The van der Waals surface area contributed by atoms with E-state index in [1.807, 2.05) is 30.3 Å². The molecule has 0 saturated carbocycles. The van der Waals surface area contributed by atoms with Crippen molar-refractivity contribution in [2.75, 3.05) is 57.0 Å². The van der Waals surface area contributed by atoms with Crippen LogP contribution in [-0.2, 0) is 0 Å². The van der Waals surface area contributed by atoms with Crippen molar-refractivity contribution in [3.05, 3.63) is 70.6 Å². The number of hydrogen-bond acceptors (Lipinski definition) is 8. The van der Waals surface area contributed by atoms with Crippen molar-refractivity contribution < 1.29 is 9.84 Å². The minimum atomic E-state index is -1.05. The molecule has 0 spiro atoms. The van der Waals surface area contributed by atoms with Crippen LogP contribution in [0.4, 0.5) is 11.5 Å². The largest absolute Gasteiger partial charge is 0.492 e. The van der Waals surface area contributed by atoms with Crippen molar-refractivity contribution in [2.45, 2.75) is 6.23 Å². The van der Waals surface area contributed by atoms with Crippen molar-refractivity contribution in [3.8, 4) is 17.0 Å². The number of anilines is 2. The topological polar surface area (TPSA) is 115 Å². The maximum atomic E-state index is 12.3. The molecule has 33 heavy (non-hydrogen) atoms. The van der Waals surface area contributed by atoms with Crippen LogP contribution >= 0.6 is 0 Å². The molecule has 1 fully saturated rings. The van der Waals surface area contributed by atoms with E-state index in [0.717, 1.165) is 49.9 Å². The van der Waals surface area contributed by atoms with Gasteiger partial charge in [0, 0.05) is 57.1 Å². The van der Waals surface area contributed by atoms with Crippen LogP contribution in [0.25, 0.3) is 11.3 Å². The van der Waals surface area contributed by atoms with Gasteiger partial charge in [-0.25, -0.2) is 4.98 Å². The summed E-state index contributed by atoms with van der Waals surface area (Å²) in [6.45, 7) is 5.62. The van der Waals surface area contributed by atoms with E-state index < -0.39 is 6.23 Å². The first-order valence-corrected chi connectivity index (χ1v) is 11.1. The fraction of sp³-hybridized carbons (Fsp3) is 0.333. The molecule has 4 rings (SSSR count). The summed E-state index contributed by atoms with van der Waals surface area (Å²) in [4.78, 5) is 21.9. The third kappa shape index (κ3) is 6.10. The second-order valence-electron chi connectivity index (χ2n) is 7.85. The predicted octanol–water partition coefficient (Wildman–Crippen LogP) is 1.87. The van der Waals surface area contributed by atoms with Gasteiger partial charge in [-0.1, -0.05) is 18.2 Å². The predicted molar refractivity (Wildman–Crippen MR) is 130 cm³/mol. The third-order valence-corrected chi connectivity index (χ3v) is 5.58. The summed E-state index contributed by atoms with van der Waals surface area (Å²) in [5, 5.41) is 19.9. The molecule has 174 valence electrons. The lowest BCUT2D eigenvalue weighted by atomic mass is 10.1. The number of aliphatic hydroxyl groups excluding tert-OH is 1. The number of benzene rings is 1. The van der Waals surface area contributed by atoms with Crippen LogP contribution < -0.4 is 26.2 Å². The summed E-state index contributed by atoms with van der Waals surface area (Å²) in [7, 11) is 1.80. The second-order valence-corrected chi connectivity index (χ2v) is 7.85. The summed E-state index contributed by atoms with van der Waals surface area (Å²) < 4.78 is 5.83. The number of piperazine rings is 1. The van der Waals surface area contributed by atoms with Crippen LogP contribution in [-0.4, -0.2) is 66.4 Å². The number of nitrogens with one attached hydrogen (secondary N) is 4. The first-order chi connectivity index (χ1) is 16.1. The minimum absolute atomic E-state index is 0.257. The maximum Gasteiger partial charge on any atom is 0.271 e. The van der Waals surface area contributed by atoms with Crippen LogP contribution in [0.15, 0.2) is 59.5 Å². The molecule has 0 bridgehead atoms. The molecule has 1 aliphatic heterocycles. The van der Waals surface area contributed by atoms with E-state index in [0.29, 0.717) is 17.9 Å². The Morgan fingerprint density at radius 1 is 1.18 bits per heavy atom. The molecule has 9 heteroatoms. The maximum absolute atomic E-state index is 12.3. The quantitative estimate of drug-likeness (QED) is 0.314. The number of hydrogen-bond donors (Lipinski definition) is 5. The van der Waals surface area contributed by atoms with Gasteiger partial charge in [-0.3, -0.25) is 9.69 Å². The van der Waals surface area contributed by atoms with Crippen LogP contribution in [0.5, 0.6) is 5.75 Å². The van der Waals surface area contributed by atoms with Gasteiger partial charge in [-0.15, -0.1) is 0 Å². The molecular weight excluding hydrogens is 420 g/mol. The first kappa shape index (κ1) is 22.8. The molecule has 3 heterocycles. The lowest BCUT2D eigenvalue weighted by Gasteiger charge is -2.26. The van der Waals surface area contributed by atoms with Crippen LogP contribution in [0.1, 0.15) is 11.8 Å². The smallest absolute Gasteiger partial charge is 0.271 e. The molecule has 1 atom stereocenters. The zero-order chi connectivity index (χ0) is 23.0. The Morgan fingerprint density at radius 2 is 1.97 bits per heavy atom. The Kier molecular flexibility index (Phi) is 7.56. The van der Waals surface area contributed by atoms with Crippen LogP contribution in [0.2, 0.25) is 0 Å². The van der Waals surface area contributed by atoms with Gasteiger partial charge in [0.05, 0.1) is 5.69 Å². The molecule has 5 N–H and O–H groups in total. The molecule has 0 aliphatic carbocycles. The number of H-pyrrole nitrogens is 1.